The van der Waals surface area contributed by atoms with E-state index in [-0.39, 0.29) is 0 Å². The van der Waals surface area contributed by atoms with Crippen LogP contribution in [0.5, 0.6) is 0 Å². The topological polar surface area (TPSA) is 56.7 Å². The van der Waals surface area contributed by atoms with Crippen molar-refractivity contribution in [1.82, 2.24) is 14.8 Å². The molecule has 0 bridgehead atoms. The Labute approximate surface area is 67.6 Å². The summed E-state index contributed by atoms with van der Waals surface area (Å²) in [5.41, 5.74) is 5.34. The van der Waals surface area contributed by atoms with Gasteiger partial charge in [-0.05, 0) is 29.8 Å². The van der Waals surface area contributed by atoms with Gasteiger partial charge in [0.1, 0.15) is 0 Å². The van der Waals surface area contributed by atoms with Gasteiger partial charge in [-0.2, -0.15) is 4.98 Å². The van der Waals surface area contributed by atoms with E-state index in [1.54, 1.807) is 4.68 Å². The number of nitrogens with two attached hydrogens (primary N) is 1. The van der Waals surface area contributed by atoms with Crippen molar-refractivity contribution in [1.29, 1.82) is 0 Å². The second-order valence-electron chi connectivity index (χ2n) is 2.28. The molecular weight excluding hydrogens is 196 g/mol. The summed E-state index contributed by atoms with van der Waals surface area (Å²) in [5.74, 6) is 0.306. The molecule has 2 N–H and O–H groups in total. The van der Waals surface area contributed by atoms with Crippen molar-refractivity contribution in [2.45, 2.75) is 19.9 Å². The molecule has 0 aliphatic heterocycles. The van der Waals surface area contributed by atoms with Gasteiger partial charge in [0.25, 0.3) is 0 Å². The van der Waals surface area contributed by atoms with Crippen LogP contribution in [0.25, 0.3) is 0 Å². The molecule has 0 saturated heterocycles. The van der Waals surface area contributed by atoms with E-state index < -0.39 is 0 Å². The van der Waals surface area contributed by atoms with E-state index in [4.69, 9.17) is 5.73 Å². The summed E-state index contributed by atoms with van der Waals surface area (Å²) in [4.78, 5) is 3.88. The molecule has 1 heterocycles. The SMILES string of the molecule is CC(C)n1nc(N)nc1Br. The van der Waals surface area contributed by atoms with Gasteiger partial charge in [0.05, 0.1) is 0 Å². The highest BCUT2D eigenvalue weighted by molar-refractivity contribution is 9.10. The van der Waals surface area contributed by atoms with Gasteiger partial charge in [0.15, 0.2) is 4.73 Å². The van der Waals surface area contributed by atoms with Gasteiger partial charge < -0.3 is 5.73 Å². The van der Waals surface area contributed by atoms with Crippen molar-refractivity contribution in [2.24, 2.45) is 0 Å². The summed E-state index contributed by atoms with van der Waals surface area (Å²) in [7, 11) is 0. The Balaban J connectivity index is 3.03. The van der Waals surface area contributed by atoms with Crippen molar-refractivity contribution in [2.75, 3.05) is 5.73 Å². The average Bonchev–Trinajstić information content (AvgIpc) is 2.10. The lowest BCUT2D eigenvalue weighted by Gasteiger charge is -2.03. The average molecular weight is 205 g/mol. The van der Waals surface area contributed by atoms with Gasteiger partial charge in [-0.25, -0.2) is 4.68 Å². The molecule has 0 fully saturated rings. The van der Waals surface area contributed by atoms with Crippen LogP contribution in [0.2, 0.25) is 0 Å². The predicted octanol–water partition coefficient (Wildman–Crippen LogP) is 1.20. The highest BCUT2D eigenvalue weighted by Crippen LogP contribution is 2.13. The highest BCUT2D eigenvalue weighted by Gasteiger charge is 2.06. The van der Waals surface area contributed by atoms with Crippen molar-refractivity contribution in [3.63, 3.8) is 0 Å². The minimum Gasteiger partial charge on any atom is -0.366 e. The van der Waals surface area contributed by atoms with E-state index in [9.17, 15) is 0 Å². The van der Waals surface area contributed by atoms with Gasteiger partial charge in [0.2, 0.25) is 5.95 Å². The van der Waals surface area contributed by atoms with Crippen molar-refractivity contribution in [3.05, 3.63) is 4.73 Å². The fourth-order valence-corrected chi connectivity index (χ4v) is 1.32. The van der Waals surface area contributed by atoms with Crippen LogP contribution in [0, 0.1) is 0 Å². The van der Waals surface area contributed by atoms with Crippen molar-refractivity contribution in [3.8, 4) is 0 Å². The molecule has 5 heteroatoms. The van der Waals surface area contributed by atoms with Gasteiger partial charge in [-0.1, -0.05) is 0 Å². The molecule has 1 aromatic rings. The first kappa shape index (κ1) is 7.53. The summed E-state index contributed by atoms with van der Waals surface area (Å²) in [6.07, 6.45) is 0. The maximum atomic E-state index is 5.34. The number of hydrogen-bond donors (Lipinski definition) is 1. The predicted molar refractivity (Wildman–Crippen MR) is 42.5 cm³/mol. The van der Waals surface area contributed by atoms with E-state index >= 15 is 0 Å². The molecule has 10 heavy (non-hydrogen) atoms. The van der Waals surface area contributed by atoms with E-state index in [0.29, 0.717) is 16.7 Å². The molecular formula is C5H9BrN4. The zero-order valence-electron chi connectivity index (χ0n) is 5.87. The van der Waals surface area contributed by atoms with E-state index in [1.165, 1.54) is 0 Å². The number of nitrogen functional groups attached to an aromatic ring is 1. The smallest absolute Gasteiger partial charge is 0.240 e. The number of nitrogens with zero attached hydrogens (tertiary/aromatic N) is 3. The lowest BCUT2D eigenvalue weighted by atomic mass is 10.4. The van der Waals surface area contributed by atoms with Crippen LogP contribution in [0.4, 0.5) is 5.95 Å². The van der Waals surface area contributed by atoms with Crippen LogP contribution >= 0.6 is 15.9 Å². The van der Waals surface area contributed by atoms with Crippen LogP contribution < -0.4 is 5.73 Å². The monoisotopic (exact) mass is 204 g/mol. The number of anilines is 1. The normalized spacial score (nSPS) is 10.8. The van der Waals surface area contributed by atoms with Crippen LogP contribution in [-0.4, -0.2) is 14.8 Å². The van der Waals surface area contributed by atoms with Crippen LogP contribution in [-0.2, 0) is 0 Å². The quantitative estimate of drug-likeness (QED) is 0.749. The molecule has 1 aromatic heterocycles. The fraction of sp³-hybridized carbons (Fsp3) is 0.600. The first-order valence-corrected chi connectivity index (χ1v) is 3.78. The summed E-state index contributed by atoms with van der Waals surface area (Å²) < 4.78 is 2.40. The second kappa shape index (κ2) is 2.57. The minimum absolute atomic E-state index is 0.291. The number of rotatable bonds is 1. The zero-order valence-corrected chi connectivity index (χ0v) is 7.46. The molecule has 0 atom stereocenters. The molecule has 0 amide bonds. The maximum Gasteiger partial charge on any atom is 0.240 e. The van der Waals surface area contributed by atoms with Gasteiger partial charge >= 0.3 is 0 Å². The molecule has 0 aliphatic carbocycles. The molecule has 0 aromatic carbocycles. The molecule has 0 aliphatic rings. The third-order valence-electron chi connectivity index (χ3n) is 1.10. The van der Waals surface area contributed by atoms with Gasteiger partial charge in [-0.3, -0.25) is 0 Å². The lowest BCUT2D eigenvalue weighted by Crippen LogP contribution is -2.03. The first-order valence-electron chi connectivity index (χ1n) is 2.98. The Bertz CT molecular complexity index is 230. The Hall–Kier alpha value is -0.580. The van der Waals surface area contributed by atoms with Gasteiger partial charge in [-0.15, -0.1) is 5.10 Å². The van der Waals surface area contributed by atoms with Crippen LogP contribution in [0.15, 0.2) is 4.73 Å². The second-order valence-corrected chi connectivity index (χ2v) is 2.99. The molecule has 56 valence electrons. The maximum absolute atomic E-state index is 5.34. The summed E-state index contributed by atoms with van der Waals surface area (Å²) in [6, 6.07) is 0.291. The largest absolute Gasteiger partial charge is 0.366 e. The molecule has 0 spiro atoms. The number of hydrogen-bond acceptors (Lipinski definition) is 3. The Morgan fingerprint density at radius 3 is 2.40 bits per heavy atom. The lowest BCUT2D eigenvalue weighted by molar-refractivity contribution is 0.521. The molecule has 4 nitrogen and oxygen atoms in total. The van der Waals surface area contributed by atoms with E-state index in [1.807, 2.05) is 13.8 Å². The molecule has 0 saturated carbocycles. The Morgan fingerprint density at radius 1 is 1.60 bits per heavy atom. The standard InChI is InChI=1S/C5H9BrN4/c1-3(2)10-4(6)8-5(7)9-10/h3H,1-2H3,(H2,7,9). The summed E-state index contributed by atoms with van der Waals surface area (Å²) in [6.45, 7) is 4.03. The third kappa shape index (κ3) is 1.29. The molecule has 1 rings (SSSR count). The van der Waals surface area contributed by atoms with Crippen molar-refractivity contribution >= 4 is 21.9 Å². The minimum atomic E-state index is 0.291. The van der Waals surface area contributed by atoms with Gasteiger partial charge in [0, 0.05) is 6.04 Å². The number of aromatic nitrogens is 3. The number of halogens is 1. The van der Waals surface area contributed by atoms with Crippen molar-refractivity contribution < 1.29 is 0 Å². The van der Waals surface area contributed by atoms with E-state index in [0.717, 1.165) is 0 Å². The van der Waals surface area contributed by atoms with Crippen LogP contribution in [0.3, 0.4) is 0 Å². The van der Waals surface area contributed by atoms with Crippen LogP contribution in [0.1, 0.15) is 19.9 Å². The third-order valence-corrected chi connectivity index (χ3v) is 1.64. The summed E-state index contributed by atoms with van der Waals surface area (Å²) in [5, 5.41) is 3.95. The van der Waals surface area contributed by atoms with E-state index in [2.05, 4.69) is 26.0 Å². The first-order chi connectivity index (χ1) is 4.61. The Kier molecular flexibility index (Phi) is 1.94. The Morgan fingerprint density at radius 2 is 2.20 bits per heavy atom. The fourth-order valence-electron chi connectivity index (χ4n) is 0.648. The summed E-state index contributed by atoms with van der Waals surface area (Å²) >= 11 is 3.23. The zero-order chi connectivity index (χ0) is 7.72. The highest BCUT2D eigenvalue weighted by atomic mass is 79.9. The molecule has 0 unspecified atom stereocenters. The molecule has 0 radical (unpaired) electrons.